The van der Waals surface area contributed by atoms with Crippen molar-refractivity contribution < 1.29 is 9.90 Å². The van der Waals surface area contributed by atoms with Crippen molar-refractivity contribution in [2.45, 2.75) is 19.3 Å². The highest BCUT2D eigenvalue weighted by Gasteiger charge is 2.31. The maximum Gasteiger partial charge on any atom is 0.313 e. The molecule has 0 spiro atoms. The van der Waals surface area contributed by atoms with Crippen LogP contribution in [0.1, 0.15) is 19.4 Å². The highest BCUT2D eigenvalue weighted by molar-refractivity contribution is 5.84. The standard InChI is InChI=1S/C15H15NO2/c1-15(2,14(17)18)13-8-9-16-10-12(13)11-6-4-3-5-7-11/h3-10H,1-2H3,(H,17,18). The molecule has 3 heteroatoms. The third-order valence-corrected chi connectivity index (χ3v) is 3.11. The Morgan fingerprint density at radius 1 is 1.17 bits per heavy atom. The minimum Gasteiger partial charge on any atom is -0.481 e. The quantitative estimate of drug-likeness (QED) is 0.898. The van der Waals surface area contributed by atoms with Crippen LogP contribution >= 0.6 is 0 Å². The van der Waals surface area contributed by atoms with Crippen LogP contribution in [0.15, 0.2) is 48.8 Å². The second-order valence-electron chi connectivity index (χ2n) is 4.72. The van der Waals surface area contributed by atoms with Crippen LogP contribution in [-0.4, -0.2) is 16.1 Å². The van der Waals surface area contributed by atoms with Gasteiger partial charge in [0.05, 0.1) is 5.41 Å². The van der Waals surface area contributed by atoms with E-state index in [1.54, 1.807) is 32.3 Å². The molecule has 0 aliphatic rings. The number of nitrogens with zero attached hydrogens (tertiary/aromatic N) is 1. The molecular formula is C15H15NO2. The maximum absolute atomic E-state index is 11.4. The van der Waals surface area contributed by atoms with E-state index >= 15 is 0 Å². The number of hydrogen-bond acceptors (Lipinski definition) is 2. The highest BCUT2D eigenvalue weighted by atomic mass is 16.4. The average Bonchev–Trinajstić information content (AvgIpc) is 2.39. The number of benzene rings is 1. The smallest absolute Gasteiger partial charge is 0.313 e. The van der Waals surface area contributed by atoms with Gasteiger partial charge in [0, 0.05) is 18.0 Å². The summed E-state index contributed by atoms with van der Waals surface area (Å²) in [6.45, 7) is 3.41. The molecule has 0 saturated carbocycles. The summed E-state index contributed by atoms with van der Waals surface area (Å²) < 4.78 is 0. The van der Waals surface area contributed by atoms with Gasteiger partial charge >= 0.3 is 5.97 Å². The van der Waals surface area contributed by atoms with Crippen molar-refractivity contribution in [1.82, 2.24) is 4.98 Å². The lowest BCUT2D eigenvalue weighted by Gasteiger charge is -2.22. The Morgan fingerprint density at radius 3 is 2.44 bits per heavy atom. The Balaban J connectivity index is 2.61. The summed E-state index contributed by atoms with van der Waals surface area (Å²) in [5.41, 5.74) is 1.69. The summed E-state index contributed by atoms with van der Waals surface area (Å²) in [7, 11) is 0. The van der Waals surface area contributed by atoms with Crippen LogP contribution in [-0.2, 0) is 10.2 Å². The molecule has 0 aliphatic heterocycles. The summed E-state index contributed by atoms with van der Waals surface area (Å²) >= 11 is 0. The number of rotatable bonds is 3. The Morgan fingerprint density at radius 2 is 1.83 bits per heavy atom. The first-order chi connectivity index (χ1) is 8.53. The molecule has 0 amide bonds. The number of carbonyl (C=O) groups is 1. The van der Waals surface area contributed by atoms with Gasteiger partial charge in [-0.2, -0.15) is 0 Å². The van der Waals surface area contributed by atoms with Crippen molar-refractivity contribution in [3.63, 3.8) is 0 Å². The molecule has 1 heterocycles. The van der Waals surface area contributed by atoms with Crippen LogP contribution < -0.4 is 0 Å². The van der Waals surface area contributed by atoms with Crippen LogP contribution in [0.2, 0.25) is 0 Å². The third kappa shape index (κ3) is 2.12. The zero-order valence-corrected chi connectivity index (χ0v) is 10.4. The highest BCUT2D eigenvalue weighted by Crippen LogP contribution is 2.32. The number of pyridine rings is 1. The van der Waals surface area contributed by atoms with Crippen molar-refractivity contribution in [3.8, 4) is 11.1 Å². The van der Waals surface area contributed by atoms with E-state index < -0.39 is 11.4 Å². The number of aromatic nitrogens is 1. The van der Waals surface area contributed by atoms with Crippen LogP contribution in [0, 0.1) is 0 Å². The predicted molar refractivity (Wildman–Crippen MR) is 70.3 cm³/mol. The van der Waals surface area contributed by atoms with E-state index in [1.807, 2.05) is 30.3 Å². The summed E-state index contributed by atoms with van der Waals surface area (Å²) in [4.78, 5) is 15.5. The second kappa shape index (κ2) is 4.61. The molecule has 92 valence electrons. The lowest BCUT2D eigenvalue weighted by Crippen LogP contribution is -2.29. The average molecular weight is 241 g/mol. The van der Waals surface area contributed by atoms with Crippen molar-refractivity contribution in [1.29, 1.82) is 0 Å². The summed E-state index contributed by atoms with van der Waals surface area (Å²) in [6.07, 6.45) is 3.35. The van der Waals surface area contributed by atoms with Gasteiger partial charge in [-0.25, -0.2) is 0 Å². The molecule has 3 nitrogen and oxygen atoms in total. The Labute approximate surface area is 106 Å². The summed E-state index contributed by atoms with van der Waals surface area (Å²) in [6, 6.07) is 11.5. The summed E-state index contributed by atoms with van der Waals surface area (Å²) in [5, 5.41) is 9.35. The normalized spacial score (nSPS) is 11.2. The number of carboxylic acids is 1. The molecule has 2 aromatic rings. The fourth-order valence-corrected chi connectivity index (χ4v) is 1.90. The first kappa shape index (κ1) is 12.3. The molecule has 0 atom stereocenters. The molecule has 0 radical (unpaired) electrons. The van der Waals surface area contributed by atoms with E-state index in [9.17, 15) is 9.90 Å². The van der Waals surface area contributed by atoms with Crippen molar-refractivity contribution in [2.75, 3.05) is 0 Å². The van der Waals surface area contributed by atoms with Crippen molar-refractivity contribution >= 4 is 5.97 Å². The Bertz CT molecular complexity index is 562. The van der Waals surface area contributed by atoms with E-state index in [1.165, 1.54) is 0 Å². The molecule has 0 aliphatic carbocycles. The van der Waals surface area contributed by atoms with E-state index in [2.05, 4.69) is 4.98 Å². The molecule has 0 saturated heterocycles. The molecule has 0 bridgehead atoms. The van der Waals surface area contributed by atoms with Gasteiger partial charge in [-0.15, -0.1) is 0 Å². The topological polar surface area (TPSA) is 50.2 Å². The monoisotopic (exact) mass is 241 g/mol. The van der Waals surface area contributed by atoms with E-state index in [0.29, 0.717) is 0 Å². The second-order valence-corrected chi connectivity index (χ2v) is 4.72. The SMILES string of the molecule is CC(C)(C(=O)O)c1ccncc1-c1ccccc1. The number of aliphatic carboxylic acids is 1. The lowest BCUT2D eigenvalue weighted by molar-refractivity contribution is -0.142. The van der Waals surface area contributed by atoms with E-state index in [-0.39, 0.29) is 0 Å². The first-order valence-corrected chi connectivity index (χ1v) is 5.77. The van der Waals surface area contributed by atoms with Gasteiger partial charge in [0.15, 0.2) is 0 Å². The van der Waals surface area contributed by atoms with Gasteiger partial charge in [-0.05, 0) is 31.0 Å². The molecule has 1 N–H and O–H groups in total. The molecular weight excluding hydrogens is 226 g/mol. The first-order valence-electron chi connectivity index (χ1n) is 5.77. The number of hydrogen-bond donors (Lipinski definition) is 1. The molecule has 18 heavy (non-hydrogen) atoms. The Hall–Kier alpha value is -2.16. The summed E-state index contributed by atoms with van der Waals surface area (Å²) in [5.74, 6) is -0.842. The lowest BCUT2D eigenvalue weighted by atomic mass is 9.81. The zero-order chi connectivity index (χ0) is 13.2. The van der Waals surface area contributed by atoms with Crippen LogP contribution in [0.25, 0.3) is 11.1 Å². The van der Waals surface area contributed by atoms with E-state index in [0.717, 1.165) is 16.7 Å². The van der Waals surface area contributed by atoms with Gasteiger partial charge < -0.3 is 5.11 Å². The minimum absolute atomic E-state index is 0.774. The Kier molecular flexibility index (Phi) is 3.15. The third-order valence-electron chi connectivity index (χ3n) is 3.11. The zero-order valence-electron chi connectivity index (χ0n) is 10.4. The molecule has 1 aromatic carbocycles. The number of carboxylic acid groups (broad SMARTS) is 1. The molecule has 0 fully saturated rings. The van der Waals surface area contributed by atoms with Crippen molar-refractivity contribution in [3.05, 3.63) is 54.4 Å². The molecule has 2 rings (SSSR count). The van der Waals surface area contributed by atoms with Gasteiger partial charge in [0.2, 0.25) is 0 Å². The van der Waals surface area contributed by atoms with Crippen LogP contribution in [0.4, 0.5) is 0 Å². The van der Waals surface area contributed by atoms with E-state index in [4.69, 9.17) is 0 Å². The van der Waals surface area contributed by atoms with Crippen LogP contribution in [0.3, 0.4) is 0 Å². The maximum atomic E-state index is 11.4. The predicted octanol–water partition coefficient (Wildman–Crippen LogP) is 3.11. The fraction of sp³-hybridized carbons (Fsp3) is 0.200. The largest absolute Gasteiger partial charge is 0.481 e. The van der Waals surface area contributed by atoms with Gasteiger partial charge in [-0.1, -0.05) is 30.3 Å². The molecule has 0 unspecified atom stereocenters. The van der Waals surface area contributed by atoms with Crippen LogP contribution in [0.5, 0.6) is 0 Å². The minimum atomic E-state index is -0.936. The fourth-order valence-electron chi connectivity index (χ4n) is 1.90. The van der Waals surface area contributed by atoms with Crippen molar-refractivity contribution in [2.24, 2.45) is 0 Å². The van der Waals surface area contributed by atoms with Gasteiger partial charge in [0.1, 0.15) is 0 Å². The van der Waals surface area contributed by atoms with Gasteiger partial charge in [0.25, 0.3) is 0 Å². The van der Waals surface area contributed by atoms with Gasteiger partial charge in [-0.3, -0.25) is 9.78 Å². The molecule has 1 aromatic heterocycles.